The van der Waals surface area contributed by atoms with E-state index in [0.29, 0.717) is 5.69 Å². The lowest BCUT2D eigenvalue weighted by molar-refractivity contribution is -0.138. The summed E-state index contributed by atoms with van der Waals surface area (Å²) in [4.78, 5) is 12.9. The molecule has 1 aromatic heterocycles. The molecule has 0 aliphatic carbocycles. The number of aromatic nitrogens is 3. The molecular formula is C13H13N5O2. The smallest absolute Gasteiger partial charge is 0.350 e. The van der Waals surface area contributed by atoms with Crippen LogP contribution in [0.5, 0.6) is 0 Å². The number of carbonyl (C=O) groups excluding carboxylic acids is 1. The number of nitriles is 1. The van der Waals surface area contributed by atoms with Gasteiger partial charge in [0, 0.05) is 18.9 Å². The Bertz CT molecular complexity index is 711. The predicted molar refractivity (Wildman–Crippen MR) is 72.5 cm³/mol. The molecular weight excluding hydrogens is 258 g/mol. The number of hydrogen-bond donors (Lipinski definition) is 1. The number of aryl methyl sites for hydroxylation is 1. The molecule has 0 saturated carbocycles. The number of fused-ring (bicyclic) bond motifs is 1. The first-order chi connectivity index (χ1) is 9.63. The summed E-state index contributed by atoms with van der Waals surface area (Å²) in [6, 6.07) is 7.15. The van der Waals surface area contributed by atoms with Crippen LogP contribution in [0.3, 0.4) is 0 Å². The van der Waals surface area contributed by atoms with Gasteiger partial charge < -0.3 is 10.1 Å². The van der Waals surface area contributed by atoms with Crippen molar-refractivity contribution in [2.24, 2.45) is 7.05 Å². The van der Waals surface area contributed by atoms with E-state index < -0.39 is 5.97 Å². The van der Waals surface area contributed by atoms with Crippen LogP contribution in [0.2, 0.25) is 0 Å². The van der Waals surface area contributed by atoms with Gasteiger partial charge in [0.2, 0.25) is 0 Å². The maximum absolute atomic E-state index is 11.4. The number of anilines is 1. The zero-order valence-electron chi connectivity index (χ0n) is 11.1. The number of benzene rings is 1. The van der Waals surface area contributed by atoms with Gasteiger partial charge in [-0.15, -0.1) is 0 Å². The molecule has 7 heteroatoms. The van der Waals surface area contributed by atoms with Crippen LogP contribution in [-0.4, -0.2) is 27.6 Å². The van der Waals surface area contributed by atoms with Crippen LogP contribution < -0.4 is 5.32 Å². The Kier molecular flexibility index (Phi) is 3.96. The lowest BCUT2D eigenvalue weighted by atomic mass is 10.2. The summed E-state index contributed by atoms with van der Waals surface area (Å²) in [6.07, 6.45) is 1.32. The molecule has 102 valence electrons. The first-order valence-corrected chi connectivity index (χ1v) is 5.99. The molecule has 2 aromatic rings. The van der Waals surface area contributed by atoms with Crippen LogP contribution in [0, 0.1) is 11.3 Å². The van der Waals surface area contributed by atoms with Gasteiger partial charge >= 0.3 is 5.97 Å². The molecule has 0 aliphatic rings. The topological polar surface area (TPSA) is 92.8 Å². The quantitative estimate of drug-likeness (QED) is 0.512. The summed E-state index contributed by atoms with van der Waals surface area (Å²) < 4.78 is 4.76. The SMILES string of the molecule is CCOC(=O)C(C#N)=CNc1ccc2nn(C)nc2c1. The van der Waals surface area contributed by atoms with Crippen molar-refractivity contribution in [3.05, 3.63) is 30.0 Å². The molecule has 1 N–H and O–H groups in total. The highest BCUT2D eigenvalue weighted by Crippen LogP contribution is 2.15. The van der Waals surface area contributed by atoms with Crippen LogP contribution in [0.1, 0.15) is 6.92 Å². The molecule has 0 fully saturated rings. The molecule has 1 heterocycles. The van der Waals surface area contributed by atoms with E-state index in [1.807, 2.05) is 0 Å². The lowest BCUT2D eigenvalue weighted by Gasteiger charge is -2.02. The van der Waals surface area contributed by atoms with Gasteiger partial charge in [0.15, 0.2) is 5.57 Å². The van der Waals surface area contributed by atoms with Crippen LogP contribution in [-0.2, 0) is 16.6 Å². The van der Waals surface area contributed by atoms with Crippen molar-refractivity contribution >= 4 is 22.7 Å². The molecule has 0 saturated heterocycles. The number of rotatable bonds is 4. The first kappa shape index (κ1) is 13.5. The number of carbonyl (C=O) groups is 1. The van der Waals surface area contributed by atoms with E-state index in [1.165, 1.54) is 11.0 Å². The third kappa shape index (κ3) is 2.92. The highest BCUT2D eigenvalue weighted by atomic mass is 16.5. The standard InChI is InChI=1S/C13H13N5O2/c1-3-20-13(19)9(7-14)8-15-10-4-5-11-12(6-10)17-18(2)16-11/h4-6,8,15H,3H2,1-2H3. The average molecular weight is 271 g/mol. The molecule has 0 aliphatic heterocycles. The second-order valence-electron chi connectivity index (χ2n) is 3.93. The third-order valence-corrected chi connectivity index (χ3v) is 2.48. The molecule has 0 radical (unpaired) electrons. The van der Waals surface area contributed by atoms with E-state index in [1.54, 1.807) is 38.2 Å². The summed E-state index contributed by atoms with van der Waals surface area (Å²) >= 11 is 0. The fraction of sp³-hybridized carbons (Fsp3) is 0.231. The monoisotopic (exact) mass is 271 g/mol. The van der Waals surface area contributed by atoms with Crippen LogP contribution in [0.15, 0.2) is 30.0 Å². The largest absolute Gasteiger partial charge is 0.462 e. The fourth-order valence-electron chi connectivity index (χ4n) is 1.61. The van der Waals surface area contributed by atoms with Crippen molar-refractivity contribution in [2.45, 2.75) is 6.92 Å². The maximum Gasteiger partial charge on any atom is 0.350 e. The lowest BCUT2D eigenvalue weighted by Crippen LogP contribution is -2.07. The molecule has 0 atom stereocenters. The Morgan fingerprint density at radius 2 is 2.25 bits per heavy atom. The van der Waals surface area contributed by atoms with Gasteiger partial charge in [0.1, 0.15) is 17.1 Å². The summed E-state index contributed by atoms with van der Waals surface area (Å²) in [5.41, 5.74) is 2.11. The number of nitrogens with one attached hydrogen (secondary N) is 1. The van der Waals surface area contributed by atoms with E-state index in [9.17, 15) is 4.79 Å². The van der Waals surface area contributed by atoms with Gasteiger partial charge in [-0.3, -0.25) is 0 Å². The van der Waals surface area contributed by atoms with Crippen molar-refractivity contribution in [1.82, 2.24) is 15.0 Å². The van der Waals surface area contributed by atoms with Gasteiger partial charge in [-0.25, -0.2) is 4.79 Å². The summed E-state index contributed by atoms with van der Waals surface area (Å²) in [7, 11) is 1.74. The molecule has 20 heavy (non-hydrogen) atoms. The average Bonchev–Trinajstić information content (AvgIpc) is 2.79. The van der Waals surface area contributed by atoms with Crippen molar-refractivity contribution in [1.29, 1.82) is 5.26 Å². The number of nitrogens with zero attached hydrogens (tertiary/aromatic N) is 4. The molecule has 0 amide bonds. The zero-order chi connectivity index (χ0) is 14.5. The van der Waals surface area contributed by atoms with Crippen molar-refractivity contribution in [3.63, 3.8) is 0 Å². The minimum Gasteiger partial charge on any atom is -0.462 e. The van der Waals surface area contributed by atoms with Crippen molar-refractivity contribution < 1.29 is 9.53 Å². The Morgan fingerprint density at radius 1 is 1.50 bits per heavy atom. The summed E-state index contributed by atoms with van der Waals surface area (Å²) in [5.74, 6) is -0.650. The summed E-state index contributed by atoms with van der Waals surface area (Å²) in [5, 5.41) is 20.1. The molecule has 0 bridgehead atoms. The fourth-order valence-corrected chi connectivity index (χ4v) is 1.61. The van der Waals surface area contributed by atoms with Gasteiger partial charge in [0.05, 0.1) is 6.61 Å². The number of esters is 1. The summed E-state index contributed by atoms with van der Waals surface area (Å²) in [6.45, 7) is 1.91. The van der Waals surface area contributed by atoms with Crippen LogP contribution in [0.4, 0.5) is 5.69 Å². The van der Waals surface area contributed by atoms with E-state index in [-0.39, 0.29) is 12.2 Å². The van der Waals surface area contributed by atoms with E-state index in [2.05, 4.69) is 15.5 Å². The minimum absolute atomic E-state index is 0.0916. The number of hydrogen-bond acceptors (Lipinski definition) is 6. The van der Waals surface area contributed by atoms with Gasteiger partial charge in [0.25, 0.3) is 0 Å². The highest BCUT2D eigenvalue weighted by Gasteiger charge is 2.09. The molecule has 7 nitrogen and oxygen atoms in total. The Hall–Kier alpha value is -2.88. The van der Waals surface area contributed by atoms with Gasteiger partial charge in [-0.2, -0.15) is 20.3 Å². The van der Waals surface area contributed by atoms with Crippen LogP contribution in [0.25, 0.3) is 11.0 Å². The van der Waals surface area contributed by atoms with Gasteiger partial charge in [-0.1, -0.05) is 0 Å². The molecule has 0 unspecified atom stereocenters. The molecule has 2 rings (SSSR count). The molecule has 0 spiro atoms. The zero-order valence-corrected chi connectivity index (χ0v) is 11.1. The second kappa shape index (κ2) is 5.84. The Labute approximate surface area is 115 Å². The highest BCUT2D eigenvalue weighted by molar-refractivity contribution is 5.93. The van der Waals surface area contributed by atoms with Crippen molar-refractivity contribution in [3.8, 4) is 6.07 Å². The van der Waals surface area contributed by atoms with E-state index in [0.717, 1.165) is 11.0 Å². The third-order valence-electron chi connectivity index (χ3n) is 2.48. The van der Waals surface area contributed by atoms with Crippen molar-refractivity contribution in [2.75, 3.05) is 11.9 Å². The molecule has 1 aromatic carbocycles. The Balaban J connectivity index is 2.18. The number of ether oxygens (including phenoxy) is 1. The minimum atomic E-state index is -0.650. The predicted octanol–water partition coefficient (Wildman–Crippen LogP) is 1.35. The van der Waals surface area contributed by atoms with Gasteiger partial charge in [-0.05, 0) is 25.1 Å². The van der Waals surface area contributed by atoms with E-state index in [4.69, 9.17) is 10.00 Å². The second-order valence-corrected chi connectivity index (χ2v) is 3.93. The Morgan fingerprint density at radius 3 is 2.95 bits per heavy atom. The van der Waals surface area contributed by atoms with E-state index >= 15 is 0 Å². The first-order valence-electron chi connectivity index (χ1n) is 5.99. The maximum atomic E-state index is 11.4. The normalized spacial score (nSPS) is 11.2. The van der Waals surface area contributed by atoms with Crippen LogP contribution >= 0.6 is 0 Å².